The SMILES string of the molecule is C.C.C.C.C.C.C.CCC.CCN.CCN. The standard InChI is InChI=1S/C3H8.2C2H7N.7CH4/c1-3-2;2*1-2-3;;;;;;;/h3H2,1-2H3;2*2-3H2,1H3;7*1H4. The zero-order valence-corrected chi connectivity index (χ0v) is 7.28. The smallest absolute Gasteiger partial charge is 0.0106 e. The van der Waals surface area contributed by atoms with E-state index in [1.807, 2.05) is 13.8 Å². The maximum Gasteiger partial charge on any atom is -0.0106 e. The molecule has 0 rings (SSSR count). The maximum atomic E-state index is 4.85. The topological polar surface area (TPSA) is 52.0 Å². The van der Waals surface area contributed by atoms with Crippen LogP contribution in [0, 0.1) is 0 Å². The molecule has 0 atom stereocenters. The van der Waals surface area contributed by atoms with Crippen molar-refractivity contribution < 1.29 is 0 Å². The molecule has 0 aromatic heterocycles. The van der Waals surface area contributed by atoms with Crippen LogP contribution in [0.1, 0.15) is 86.1 Å². The van der Waals surface area contributed by atoms with E-state index in [4.69, 9.17) is 11.5 Å². The van der Waals surface area contributed by atoms with Gasteiger partial charge in [-0.25, -0.2) is 0 Å². The highest BCUT2D eigenvalue weighted by atomic mass is 14.5. The van der Waals surface area contributed by atoms with Gasteiger partial charge in [0.2, 0.25) is 0 Å². The van der Waals surface area contributed by atoms with Crippen LogP contribution in [0.3, 0.4) is 0 Å². The van der Waals surface area contributed by atoms with Crippen molar-refractivity contribution >= 4 is 0 Å². The van der Waals surface area contributed by atoms with E-state index in [1.54, 1.807) is 0 Å². The highest BCUT2D eigenvalue weighted by Gasteiger charge is 1.35. The second-order valence-electron chi connectivity index (χ2n) is 1.52. The van der Waals surface area contributed by atoms with E-state index in [-0.39, 0.29) is 52.0 Å². The molecule has 0 fully saturated rings. The fourth-order valence-electron chi connectivity index (χ4n) is 0. The van der Waals surface area contributed by atoms with Gasteiger partial charge in [-0.2, -0.15) is 0 Å². The first-order valence-electron chi connectivity index (χ1n) is 3.64. The molecule has 0 saturated carbocycles. The summed E-state index contributed by atoms with van der Waals surface area (Å²) in [6.45, 7) is 9.56. The molecule has 0 bridgehead atoms. The Bertz CT molecular complexity index is 13.5. The number of hydrogen-bond donors (Lipinski definition) is 2. The molecule has 0 aromatic rings. The van der Waals surface area contributed by atoms with Crippen LogP contribution in [-0.4, -0.2) is 13.1 Å². The van der Waals surface area contributed by atoms with Crippen LogP contribution in [0.2, 0.25) is 0 Å². The largest absolute Gasteiger partial charge is 0.331 e. The summed E-state index contributed by atoms with van der Waals surface area (Å²) in [6, 6.07) is 0. The van der Waals surface area contributed by atoms with E-state index in [0.29, 0.717) is 0 Å². The molecule has 2 heteroatoms. The van der Waals surface area contributed by atoms with Gasteiger partial charge in [-0.1, -0.05) is 86.1 Å². The molecule has 0 heterocycles. The normalized spacial score (nSPS) is 3.38. The van der Waals surface area contributed by atoms with Crippen molar-refractivity contribution in [2.24, 2.45) is 11.5 Å². The summed E-state index contributed by atoms with van der Waals surface area (Å²) in [5.74, 6) is 0. The van der Waals surface area contributed by atoms with Crippen LogP contribution in [0.15, 0.2) is 0 Å². The Balaban J connectivity index is -0.00000000346. The predicted molar refractivity (Wildman–Crippen MR) is 92.5 cm³/mol. The van der Waals surface area contributed by atoms with Gasteiger partial charge < -0.3 is 11.5 Å². The molecule has 0 unspecified atom stereocenters. The first kappa shape index (κ1) is 101. The summed E-state index contributed by atoms with van der Waals surface area (Å²) in [4.78, 5) is 0. The number of nitrogens with two attached hydrogens (primary N) is 2. The van der Waals surface area contributed by atoms with Crippen molar-refractivity contribution in [3.05, 3.63) is 0 Å². The molecule has 4 N–H and O–H groups in total. The van der Waals surface area contributed by atoms with Crippen molar-refractivity contribution in [1.29, 1.82) is 0 Å². The van der Waals surface area contributed by atoms with Gasteiger partial charge in [0.1, 0.15) is 0 Å². The van der Waals surface area contributed by atoms with Gasteiger partial charge in [-0.15, -0.1) is 0 Å². The molecule has 0 aliphatic rings. The minimum Gasteiger partial charge on any atom is -0.331 e. The Kier molecular flexibility index (Phi) is 2140. The third kappa shape index (κ3) is 363000. The van der Waals surface area contributed by atoms with Crippen LogP contribution in [0.5, 0.6) is 0 Å². The lowest BCUT2D eigenvalue weighted by molar-refractivity contribution is 1.09. The van der Waals surface area contributed by atoms with Crippen LogP contribution < -0.4 is 11.5 Å². The van der Waals surface area contributed by atoms with Crippen molar-refractivity contribution in [3.63, 3.8) is 0 Å². The third-order valence-corrected chi connectivity index (χ3v) is 0. The van der Waals surface area contributed by atoms with E-state index in [0.717, 1.165) is 13.1 Å². The molecule has 0 aromatic carbocycles. The second-order valence-corrected chi connectivity index (χ2v) is 1.52. The quantitative estimate of drug-likeness (QED) is 0.567. The highest BCUT2D eigenvalue weighted by molar-refractivity contribution is 4.00. The third-order valence-electron chi connectivity index (χ3n) is 0. The Morgan fingerprint density at radius 1 is 0.500 bits per heavy atom. The van der Waals surface area contributed by atoms with Crippen molar-refractivity contribution in [3.8, 4) is 0 Å². The zero-order valence-electron chi connectivity index (χ0n) is 7.28. The average Bonchev–Trinajstić information content (AvgIpc) is 1.70. The Morgan fingerprint density at radius 3 is 0.500 bits per heavy atom. The van der Waals surface area contributed by atoms with Crippen molar-refractivity contribution in [2.75, 3.05) is 13.1 Å². The molecule has 116 valence electrons. The van der Waals surface area contributed by atoms with Gasteiger partial charge in [-0.3, -0.25) is 0 Å². The molecule has 16 heavy (non-hydrogen) atoms. The fraction of sp³-hybridized carbons (Fsp3) is 1.00. The van der Waals surface area contributed by atoms with Gasteiger partial charge >= 0.3 is 0 Å². The van der Waals surface area contributed by atoms with Gasteiger partial charge in [-0.05, 0) is 13.1 Å². The summed E-state index contributed by atoms with van der Waals surface area (Å²) < 4.78 is 0. The van der Waals surface area contributed by atoms with E-state index in [2.05, 4.69) is 13.8 Å². The zero-order chi connectivity index (χ0) is 8.12. The second kappa shape index (κ2) is 339. The van der Waals surface area contributed by atoms with Crippen molar-refractivity contribution in [2.45, 2.75) is 86.1 Å². The van der Waals surface area contributed by atoms with E-state index in [1.165, 1.54) is 6.42 Å². The number of hydrogen-bond acceptors (Lipinski definition) is 2. The van der Waals surface area contributed by atoms with Gasteiger partial charge in [0.15, 0.2) is 0 Å². The number of rotatable bonds is 0. The summed E-state index contributed by atoms with van der Waals surface area (Å²) in [7, 11) is 0. The van der Waals surface area contributed by atoms with Crippen LogP contribution >= 0.6 is 0 Å². The lowest BCUT2D eigenvalue weighted by atomic mass is 10.6. The Labute approximate surface area is 111 Å². The van der Waals surface area contributed by atoms with Gasteiger partial charge in [0, 0.05) is 0 Å². The van der Waals surface area contributed by atoms with Crippen LogP contribution in [0.4, 0.5) is 0 Å². The van der Waals surface area contributed by atoms with E-state index in [9.17, 15) is 0 Å². The molecule has 2 nitrogen and oxygen atoms in total. The molecule has 0 spiro atoms. The molecular weight excluding hydrogens is 196 g/mol. The summed E-state index contributed by atoms with van der Waals surface area (Å²) in [5, 5.41) is 0. The molecular formula is C14H50N2. The highest BCUT2D eigenvalue weighted by Crippen LogP contribution is 1.56. The lowest BCUT2D eigenvalue weighted by Crippen LogP contribution is -1.87. The van der Waals surface area contributed by atoms with E-state index >= 15 is 0 Å². The predicted octanol–water partition coefficient (Wildman–Crippen LogP) is 5.80. The monoisotopic (exact) mass is 246 g/mol. The first-order valence-corrected chi connectivity index (χ1v) is 3.64. The summed E-state index contributed by atoms with van der Waals surface area (Å²) in [5.41, 5.74) is 9.69. The minimum atomic E-state index is 0. The molecule has 0 aliphatic carbocycles. The van der Waals surface area contributed by atoms with Gasteiger partial charge in [0.05, 0.1) is 0 Å². The van der Waals surface area contributed by atoms with Gasteiger partial charge in [0.25, 0.3) is 0 Å². The molecule has 0 radical (unpaired) electrons. The average molecular weight is 247 g/mol. The molecule has 0 saturated heterocycles. The summed E-state index contributed by atoms with van der Waals surface area (Å²) in [6.07, 6.45) is 1.25. The van der Waals surface area contributed by atoms with Crippen LogP contribution in [-0.2, 0) is 0 Å². The minimum absolute atomic E-state index is 0. The molecule has 0 aliphatic heterocycles. The maximum absolute atomic E-state index is 4.85. The van der Waals surface area contributed by atoms with E-state index < -0.39 is 0 Å². The van der Waals surface area contributed by atoms with Crippen molar-refractivity contribution in [1.82, 2.24) is 0 Å². The fourth-order valence-corrected chi connectivity index (χ4v) is 0. The van der Waals surface area contributed by atoms with Crippen LogP contribution in [0.25, 0.3) is 0 Å². The first-order chi connectivity index (χ1) is 4.24. The summed E-state index contributed by atoms with van der Waals surface area (Å²) >= 11 is 0. The Morgan fingerprint density at radius 2 is 0.500 bits per heavy atom. The Hall–Kier alpha value is -0.0800. The lowest BCUT2D eigenvalue weighted by Gasteiger charge is -1.53. The molecule has 0 amide bonds.